The molecule has 0 unspecified atom stereocenters. The van der Waals surface area contributed by atoms with Gasteiger partial charge < -0.3 is 10.4 Å². The molecule has 0 spiro atoms. The molecule has 2 N–H and O–H groups in total. The van der Waals surface area contributed by atoms with Crippen LogP contribution < -0.4 is 5.32 Å². The molecule has 1 heterocycles. The van der Waals surface area contributed by atoms with Crippen molar-refractivity contribution in [1.82, 2.24) is 20.3 Å². The quantitative estimate of drug-likeness (QED) is 0.627. The van der Waals surface area contributed by atoms with Crippen molar-refractivity contribution >= 4 is 17.5 Å². The minimum absolute atomic E-state index is 0.00560. The average molecular weight is 437 g/mol. The molecule has 0 saturated carbocycles. The van der Waals surface area contributed by atoms with E-state index in [2.05, 4.69) is 20.3 Å². The number of aromatic nitrogens is 3. The van der Waals surface area contributed by atoms with Crippen molar-refractivity contribution in [3.63, 3.8) is 0 Å². The fraction of sp³-hybridized carbons (Fsp3) is 0.200. The monoisotopic (exact) mass is 436 g/mol. The molecule has 3 rings (SSSR count). The van der Waals surface area contributed by atoms with Crippen molar-refractivity contribution in [2.24, 2.45) is 0 Å². The van der Waals surface area contributed by atoms with Crippen LogP contribution in [-0.4, -0.2) is 26.0 Å². The molecule has 0 aliphatic heterocycles. The number of nitrogens with zero attached hydrogens (tertiary/aromatic N) is 3. The number of halogens is 4. The highest BCUT2D eigenvalue weighted by Gasteiger charge is 2.30. The van der Waals surface area contributed by atoms with Gasteiger partial charge in [-0.2, -0.15) is 23.1 Å². The van der Waals surface area contributed by atoms with Crippen LogP contribution in [0.25, 0.3) is 22.8 Å². The maximum Gasteiger partial charge on any atom is 0.416 e. The zero-order chi connectivity index (χ0) is 22.1. The first-order valence-corrected chi connectivity index (χ1v) is 9.09. The Bertz CT molecular complexity index is 1100. The van der Waals surface area contributed by atoms with Gasteiger partial charge in [-0.3, -0.25) is 4.79 Å². The van der Waals surface area contributed by atoms with E-state index < -0.39 is 17.8 Å². The predicted octanol–water partition coefficient (Wildman–Crippen LogP) is 4.53. The van der Waals surface area contributed by atoms with Gasteiger partial charge in [0, 0.05) is 24.6 Å². The van der Waals surface area contributed by atoms with Gasteiger partial charge in [0.1, 0.15) is 0 Å². The first kappa shape index (κ1) is 21.5. The number of benzene rings is 2. The van der Waals surface area contributed by atoms with Crippen LogP contribution in [0.5, 0.6) is 6.01 Å². The summed E-state index contributed by atoms with van der Waals surface area (Å²) in [6, 6.07) is 6.99. The van der Waals surface area contributed by atoms with E-state index in [0.29, 0.717) is 16.1 Å². The van der Waals surface area contributed by atoms with Crippen LogP contribution in [0.3, 0.4) is 0 Å². The standard InChI is InChI=1S/C20H16ClF3N4O2/c1-10-13(9-25-11(2)29)5-8-15(21)16(10)18-26-17(27-19(30)28-18)12-3-6-14(7-4-12)20(22,23)24/h3-8H,9H2,1-2H3,(H,25,29)(H,26,27,28,30). The van der Waals surface area contributed by atoms with Crippen LogP contribution in [0.2, 0.25) is 5.02 Å². The summed E-state index contributed by atoms with van der Waals surface area (Å²) < 4.78 is 38.4. The number of aromatic hydroxyl groups is 1. The van der Waals surface area contributed by atoms with E-state index in [1.54, 1.807) is 19.1 Å². The van der Waals surface area contributed by atoms with Crippen molar-refractivity contribution in [2.45, 2.75) is 26.6 Å². The van der Waals surface area contributed by atoms with Gasteiger partial charge in [0.2, 0.25) is 5.91 Å². The molecule has 0 bridgehead atoms. The summed E-state index contributed by atoms with van der Waals surface area (Å²) in [5, 5.41) is 13.0. The van der Waals surface area contributed by atoms with Gasteiger partial charge in [0.05, 0.1) is 10.6 Å². The highest BCUT2D eigenvalue weighted by atomic mass is 35.5. The third-order valence-electron chi connectivity index (χ3n) is 4.37. The van der Waals surface area contributed by atoms with Gasteiger partial charge in [0.25, 0.3) is 0 Å². The zero-order valence-electron chi connectivity index (χ0n) is 15.9. The number of rotatable bonds is 4. The smallest absolute Gasteiger partial charge is 0.416 e. The summed E-state index contributed by atoms with van der Waals surface area (Å²) in [5.41, 5.74) is 1.32. The maximum atomic E-state index is 12.8. The summed E-state index contributed by atoms with van der Waals surface area (Å²) in [6.07, 6.45) is -4.47. The lowest BCUT2D eigenvalue weighted by Gasteiger charge is -2.13. The fourth-order valence-corrected chi connectivity index (χ4v) is 3.11. The second kappa shape index (κ2) is 8.27. The van der Waals surface area contributed by atoms with E-state index in [4.69, 9.17) is 11.6 Å². The third-order valence-corrected chi connectivity index (χ3v) is 4.69. The Morgan fingerprint density at radius 1 is 1.07 bits per heavy atom. The zero-order valence-corrected chi connectivity index (χ0v) is 16.6. The van der Waals surface area contributed by atoms with Crippen LogP contribution in [-0.2, 0) is 17.5 Å². The number of alkyl halides is 3. The Balaban J connectivity index is 2.06. The molecule has 0 aliphatic carbocycles. The van der Waals surface area contributed by atoms with Crippen LogP contribution in [0.4, 0.5) is 13.2 Å². The number of nitrogens with one attached hydrogen (secondary N) is 1. The van der Waals surface area contributed by atoms with E-state index in [1.807, 2.05) is 0 Å². The summed E-state index contributed by atoms with van der Waals surface area (Å²) in [4.78, 5) is 23.2. The Labute approximate surface area is 174 Å². The number of hydrogen-bond acceptors (Lipinski definition) is 5. The van der Waals surface area contributed by atoms with Crippen LogP contribution >= 0.6 is 11.6 Å². The lowest BCUT2D eigenvalue weighted by molar-refractivity contribution is -0.137. The summed E-state index contributed by atoms with van der Waals surface area (Å²) in [5.74, 6) is -0.146. The Kier molecular flexibility index (Phi) is 5.93. The average Bonchev–Trinajstić information content (AvgIpc) is 2.66. The van der Waals surface area contributed by atoms with Gasteiger partial charge in [-0.25, -0.2) is 4.98 Å². The van der Waals surface area contributed by atoms with E-state index in [0.717, 1.165) is 17.7 Å². The molecular formula is C20H16ClF3N4O2. The molecule has 2 aromatic carbocycles. The van der Waals surface area contributed by atoms with Crippen molar-refractivity contribution in [2.75, 3.05) is 0 Å². The first-order valence-electron chi connectivity index (χ1n) is 8.71. The summed E-state index contributed by atoms with van der Waals surface area (Å²) >= 11 is 6.33. The largest absolute Gasteiger partial charge is 0.479 e. The first-order chi connectivity index (χ1) is 14.1. The Morgan fingerprint density at radius 2 is 1.70 bits per heavy atom. The Morgan fingerprint density at radius 3 is 2.30 bits per heavy atom. The number of carbonyl (C=O) groups excluding carboxylic acids is 1. The molecule has 0 aliphatic rings. The molecular weight excluding hydrogens is 421 g/mol. The SMILES string of the molecule is CC(=O)NCc1ccc(Cl)c(-c2nc(O)nc(-c3ccc(C(F)(F)F)cc3)n2)c1C. The van der Waals surface area contributed by atoms with Gasteiger partial charge in [0.15, 0.2) is 11.6 Å². The van der Waals surface area contributed by atoms with Crippen molar-refractivity contribution < 1.29 is 23.1 Å². The van der Waals surface area contributed by atoms with Crippen molar-refractivity contribution in [3.05, 3.63) is 58.1 Å². The molecule has 0 radical (unpaired) electrons. The number of amides is 1. The maximum absolute atomic E-state index is 12.8. The van der Waals surface area contributed by atoms with E-state index in [-0.39, 0.29) is 29.7 Å². The molecule has 30 heavy (non-hydrogen) atoms. The van der Waals surface area contributed by atoms with E-state index in [1.165, 1.54) is 19.1 Å². The number of hydrogen-bond donors (Lipinski definition) is 2. The van der Waals surface area contributed by atoms with Crippen LogP contribution in [0, 0.1) is 6.92 Å². The highest BCUT2D eigenvalue weighted by molar-refractivity contribution is 6.33. The molecule has 0 fully saturated rings. The van der Waals surface area contributed by atoms with Crippen LogP contribution in [0.15, 0.2) is 36.4 Å². The molecule has 156 valence electrons. The number of carbonyl (C=O) groups is 1. The topological polar surface area (TPSA) is 88.0 Å². The predicted molar refractivity (Wildman–Crippen MR) is 105 cm³/mol. The van der Waals surface area contributed by atoms with Crippen molar-refractivity contribution in [3.8, 4) is 28.8 Å². The van der Waals surface area contributed by atoms with Gasteiger partial charge >= 0.3 is 12.2 Å². The highest BCUT2D eigenvalue weighted by Crippen LogP contribution is 2.34. The lowest BCUT2D eigenvalue weighted by atomic mass is 10.0. The molecule has 0 saturated heterocycles. The van der Waals surface area contributed by atoms with E-state index >= 15 is 0 Å². The summed E-state index contributed by atoms with van der Waals surface area (Å²) in [6.45, 7) is 3.41. The minimum atomic E-state index is -4.47. The molecule has 0 atom stereocenters. The summed E-state index contributed by atoms with van der Waals surface area (Å²) in [7, 11) is 0. The second-order valence-corrected chi connectivity index (χ2v) is 6.88. The molecule has 1 aromatic heterocycles. The lowest BCUT2D eigenvalue weighted by Crippen LogP contribution is -2.19. The van der Waals surface area contributed by atoms with Gasteiger partial charge in [-0.1, -0.05) is 29.8 Å². The van der Waals surface area contributed by atoms with Crippen molar-refractivity contribution in [1.29, 1.82) is 0 Å². The molecule has 10 heteroatoms. The Hall–Kier alpha value is -3.20. The molecule has 1 amide bonds. The fourth-order valence-electron chi connectivity index (χ4n) is 2.82. The van der Waals surface area contributed by atoms with Gasteiger partial charge in [-0.05, 0) is 36.2 Å². The van der Waals surface area contributed by atoms with Crippen LogP contribution in [0.1, 0.15) is 23.6 Å². The minimum Gasteiger partial charge on any atom is -0.479 e. The molecule has 3 aromatic rings. The molecule has 6 nitrogen and oxygen atoms in total. The normalized spacial score (nSPS) is 11.4. The van der Waals surface area contributed by atoms with Gasteiger partial charge in [-0.15, -0.1) is 0 Å². The second-order valence-electron chi connectivity index (χ2n) is 6.47. The third kappa shape index (κ3) is 4.68. The van der Waals surface area contributed by atoms with E-state index in [9.17, 15) is 23.1 Å².